The highest BCUT2D eigenvalue weighted by atomic mass is 19.1. The van der Waals surface area contributed by atoms with Crippen molar-refractivity contribution in [1.29, 1.82) is 5.26 Å². The topological polar surface area (TPSA) is 70.3 Å². The number of ether oxygens (including phenoxy) is 1. The smallest absolute Gasteiger partial charge is 0.335 e. The van der Waals surface area contributed by atoms with Gasteiger partial charge in [-0.3, -0.25) is 0 Å². The van der Waals surface area contributed by atoms with E-state index in [1.54, 1.807) is 54.6 Å². The van der Waals surface area contributed by atoms with Gasteiger partial charge in [0.2, 0.25) is 0 Å². The molecule has 138 valence electrons. The fraction of sp³-hybridized carbons (Fsp3) is 0.0435. The predicted octanol–water partition coefficient (Wildman–Crippen LogP) is 5.17. The van der Waals surface area contributed by atoms with E-state index in [1.807, 2.05) is 6.07 Å². The third-order valence-electron chi connectivity index (χ3n) is 4.08. The number of rotatable bonds is 6. The summed E-state index contributed by atoms with van der Waals surface area (Å²) < 4.78 is 19.4. The minimum Gasteiger partial charge on any atom is -0.489 e. The van der Waals surface area contributed by atoms with Crippen LogP contribution in [0.4, 0.5) is 4.39 Å². The van der Waals surface area contributed by atoms with Crippen molar-refractivity contribution in [2.75, 3.05) is 0 Å². The molecule has 28 heavy (non-hydrogen) atoms. The van der Waals surface area contributed by atoms with E-state index < -0.39 is 5.97 Å². The van der Waals surface area contributed by atoms with Gasteiger partial charge >= 0.3 is 5.97 Å². The van der Waals surface area contributed by atoms with E-state index in [1.165, 1.54) is 18.2 Å². The minimum absolute atomic E-state index is 0.0988. The van der Waals surface area contributed by atoms with Gasteiger partial charge in [-0.25, -0.2) is 9.18 Å². The van der Waals surface area contributed by atoms with Crippen LogP contribution in [0.3, 0.4) is 0 Å². The van der Waals surface area contributed by atoms with E-state index in [0.29, 0.717) is 22.4 Å². The van der Waals surface area contributed by atoms with Crippen molar-refractivity contribution in [3.05, 3.63) is 101 Å². The Bertz CT molecular complexity index is 1070. The van der Waals surface area contributed by atoms with E-state index in [9.17, 15) is 14.4 Å². The molecular weight excluding hydrogens is 357 g/mol. The zero-order chi connectivity index (χ0) is 19.9. The average Bonchev–Trinajstić information content (AvgIpc) is 2.72. The molecule has 0 fully saturated rings. The highest BCUT2D eigenvalue weighted by Gasteiger charge is 2.06. The van der Waals surface area contributed by atoms with Crippen molar-refractivity contribution in [3.63, 3.8) is 0 Å². The number of carboxylic acid groups (broad SMARTS) is 1. The van der Waals surface area contributed by atoms with Crippen LogP contribution < -0.4 is 4.74 Å². The van der Waals surface area contributed by atoms with Crippen LogP contribution in [0.15, 0.2) is 72.8 Å². The van der Waals surface area contributed by atoms with Gasteiger partial charge in [-0.1, -0.05) is 42.5 Å². The van der Waals surface area contributed by atoms with E-state index in [0.717, 1.165) is 5.56 Å². The summed E-state index contributed by atoms with van der Waals surface area (Å²) in [7, 11) is 0. The highest BCUT2D eigenvalue weighted by Crippen LogP contribution is 2.22. The molecule has 0 aliphatic carbocycles. The van der Waals surface area contributed by atoms with Crippen molar-refractivity contribution < 1.29 is 19.0 Å². The van der Waals surface area contributed by atoms with Crippen LogP contribution in [-0.2, 0) is 6.61 Å². The number of nitriles is 1. The van der Waals surface area contributed by atoms with E-state index >= 15 is 0 Å². The number of hydrogen-bond donors (Lipinski definition) is 1. The molecule has 0 atom stereocenters. The SMILES string of the molecule is N#C/C(=C\c1cccc(OCc2ccccc2F)c1)c1ccc(C(=O)O)cc1. The second-order valence-electron chi connectivity index (χ2n) is 6.00. The lowest BCUT2D eigenvalue weighted by atomic mass is 10.0. The van der Waals surface area contributed by atoms with Crippen LogP contribution in [0.2, 0.25) is 0 Å². The van der Waals surface area contributed by atoms with E-state index in [2.05, 4.69) is 6.07 Å². The number of halogens is 1. The Labute approximate surface area is 161 Å². The lowest BCUT2D eigenvalue weighted by molar-refractivity contribution is 0.0697. The normalized spacial score (nSPS) is 10.9. The van der Waals surface area contributed by atoms with Crippen molar-refractivity contribution >= 4 is 17.6 Å². The fourth-order valence-electron chi connectivity index (χ4n) is 2.61. The molecule has 3 aromatic carbocycles. The standard InChI is InChI=1S/C23H16FNO3/c24-22-7-2-1-5-19(22)15-28-21-6-3-4-16(13-21)12-20(14-25)17-8-10-18(11-9-17)23(26)27/h1-13H,15H2,(H,26,27)/b20-12+. The highest BCUT2D eigenvalue weighted by molar-refractivity contribution is 5.92. The largest absolute Gasteiger partial charge is 0.489 e. The van der Waals surface area contributed by atoms with E-state index in [4.69, 9.17) is 9.84 Å². The third kappa shape index (κ3) is 4.63. The molecule has 3 aromatic rings. The molecule has 0 unspecified atom stereocenters. The Balaban J connectivity index is 1.79. The van der Waals surface area contributed by atoms with E-state index in [-0.39, 0.29) is 18.0 Å². The molecule has 0 heterocycles. The summed E-state index contributed by atoms with van der Waals surface area (Å²) in [5.41, 5.74) is 2.36. The summed E-state index contributed by atoms with van der Waals surface area (Å²) in [6.07, 6.45) is 1.69. The first-order valence-electron chi connectivity index (χ1n) is 8.48. The van der Waals surface area contributed by atoms with Crippen LogP contribution in [0.5, 0.6) is 5.75 Å². The summed E-state index contributed by atoms with van der Waals surface area (Å²) in [4.78, 5) is 10.9. The number of nitrogens with zero attached hydrogens (tertiary/aromatic N) is 1. The van der Waals surface area contributed by atoms with Crippen LogP contribution in [0, 0.1) is 17.1 Å². The summed E-state index contributed by atoms with van der Waals surface area (Å²) in [5.74, 6) is -0.792. The maximum atomic E-state index is 13.7. The average molecular weight is 373 g/mol. The molecule has 0 aromatic heterocycles. The summed E-state index contributed by atoms with van der Waals surface area (Å²) in [5, 5.41) is 18.4. The summed E-state index contributed by atoms with van der Waals surface area (Å²) in [6.45, 7) is 0.0988. The monoisotopic (exact) mass is 373 g/mol. The van der Waals surface area contributed by atoms with Crippen LogP contribution in [0.1, 0.15) is 27.0 Å². The molecule has 3 rings (SSSR count). The third-order valence-corrected chi connectivity index (χ3v) is 4.08. The minimum atomic E-state index is -1.02. The van der Waals surface area contributed by atoms with Gasteiger partial charge in [0.15, 0.2) is 0 Å². The van der Waals surface area contributed by atoms with Crippen LogP contribution in [-0.4, -0.2) is 11.1 Å². The molecule has 0 saturated heterocycles. The molecule has 0 radical (unpaired) electrons. The quantitative estimate of drug-likeness (QED) is 0.478. The molecule has 0 bridgehead atoms. The second-order valence-corrected chi connectivity index (χ2v) is 6.00. The molecule has 4 nitrogen and oxygen atoms in total. The lowest BCUT2D eigenvalue weighted by Crippen LogP contribution is -1.98. The first-order valence-corrected chi connectivity index (χ1v) is 8.48. The van der Waals surface area contributed by atoms with Gasteiger partial charge in [-0.2, -0.15) is 5.26 Å². The van der Waals surface area contributed by atoms with Gasteiger partial charge < -0.3 is 9.84 Å². The molecule has 0 aliphatic heterocycles. The fourth-order valence-corrected chi connectivity index (χ4v) is 2.61. The molecule has 0 amide bonds. The van der Waals surface area contributed by atoms with Gasteiger partial charge in [0, 0.05) is 5.56 Å². The summed E-state index contributed by atoms with van der Waals surface area (Å²) in [6, 6.07) is 21.7. The Morgan fingerprint density at radius 3 is 2.43 bits per heavy atom. The van der Waals surface area contributed by atoms with Crippen molar-refractivity contribution in [3.8, 4) is 11.8 Å². The molecular formula is C23H16FNO3. The number of carbonyl (C=O) groups is 1. The Morgan fingerprint density at radius 1 is 1.04 bits per heavy atom. The number of carboxylic acids is 1. The summed E-state index contributed by atoms with van der Waals surface area (Å²) >= 11 is 0. The van der Waals surface area contributed by atoms with Gasteiger partial charge in [-0.05, 0) is 47.5 Å². The lowest BCUT2D eigenvalue weighted by Gasteiger charge is -2.08. The van der Waals surface area contributed by atoms with Crippen LogP contribution >= 0.6 is 0 Å². The molecule has 0 saturated carbocycles. The Morgan fingerprint density at radius 2 is 1.75 bits per heavy atom. The van der Waals surface area contributed by atoms with Gasteiger partial charge in [0.25, 0.3) is 0 Å². The predicted molar refractivity (Wildman–Crippen MR) is 104 cm³/mol. The maximum absolute atomic E-state index is 13.7. The molecule has 5 heteroatoms. The number of hydrogen-bond acceptors (Lipinski definition) is 3. The Kier molecular flexibility index (Phi) is 5.83. The van der Waals surface area contributed by atoms with Crippen molar-refractivity contribution in [2.24, 2.45) is 0 Å². The first-order chi connectivity index (χ1) is 13.6. The number of benzene rings is 3. The molecule has 0 aliphatic rings. The second kappa shape index (κ2) is 8.65. The van der Waals surface area contributed by atoms with Gasteiger partial charge in [0.05, 0.1) is 17.2 Å². The maximum Gasteiger partial charge on any atom is 0.335 e. The Hall–Kier alpha value is -3.91. The zero-order valence-corrected chi connectivity index (χ0v) is 14.8. The zero-order valence-electron chi connectivity index (χ0n) is 14.8. The molecule has 1 N–H and O–H groups in total. The van der Waals surface area contributed by atoms with Gasteiger partial charge in [0.1, 0.15) is 18.2 Å². The first kappa shape index (κ1) is 18.9. The van der Waals surface area contributed by atoms with Crippen LogP contribution in [0.25, 0.3) is 11.6 Å². The van der Waals surface area contributed by atoms with Crippen molar-refractivity contribution in [1.82, 2.24) is 0 Å². The van der Waals surface area contributed by atoms with Gasteiger partial charge in [-0.15, -0.1) is 0 Å². The van der Waals surface area contributed by atoms with Crippen molar-refractivity contribution in [2.45, 2.75) is 6.61 Å². The number of allylic oxidation sites excluding steroid dienone is 1. The molecule has 0 spiro atoms. The number of aromatic carboxylic acids is 1.